The van der Waals surface area contributed by atoms with Crippen molar-refractivity contribution in [1.82, 2.24) is 29.4 Å². The lowest BCUT2D eigenvalue weighted by Gasteiger charge is -2.44. The van der Waals surface area contributed by atoms with E-state index in [9.17, 15) is 59.8 Å². The lowest BCUT2D eigenvalue weighted by atomic mass is 9.72. The molecule has 6 aromatic carbocycles. The second kappa shape index (κ2) is 34.9. The van der Waals surface area contributed by atoms with E-state index in [2.05, 4.69) is 26.8 Å². The molecule has 3 saturated heterocycles. The normalized spacial score (nSPS) is 17.7. The average Bonchev–Trinajstić information content (AvgIpc) is 1.59. The van der Waals surface area contributed by atoms with Crippen LogP contribution in [0.3, 0.4) is 0 Å². The fourth-order valence-electron chi connectivity index (χ4n) is 14.1. The summed E-state index contributed by atoms with van der Waals surface area (Å²) >= 11 is 0. The van der Waals surface area contributed by atoms with Crippen LogP contribution in [0, 0.1) is 5.82 Å². The van der Waals surface area contributed by atoms with Crippen LogP contribution in [0.1, 0.15) is 106 Å². The maximum absolute atomic E-state index is 14.3. The number of fused-ring (bicyclic) bond motifs is 2. The third-order valence-corrected chi connectivity index (χ3v) is 20.0. The predicted octanol–water partition coefficient (Wildman–Crippen LogP) is 13.8. The standard InChI is InChI=1S/C74H85F7N8O8.3ClH/c1-82(35-14-6-9-21-66(90)83(2)43-44-86-36-30-61(31-37-86)89(70(94)95)64-20-13-11-18-62(64)52-15-7-5-8-16-52)60-28-22-53(23-29-60)68(92)85(4)42-41-84(3)67(91)49-96-65-47-54-17-10-12-19-63(54)71(65)32-38-87(39-33-71)40-34-72(56-24-26-59(75)27-25-56)50-88(51-97-72)69(93)55-45-57(73(76,77)78)48-58(46-55)74(79,80)81;;;/h5,7-8,10-13,15-20,22-29,45-46,48,61,65H,6,9,14,21,30-44,47,49-51H2,1-4H3,(H,94,95);3*1H/t65-,72+;;;/m0.../s1. The first-order chi connectivity index (χ1) is 46.3. The van der Waals surface area contributed by atoms with Crippen molar-refractivity contribution in [2.45, 2.75) is 99.7 Å². The van der Waals surface area contributed by atoms with Gasteiger partial charge in [0.25, 0.3) is 11.8 Å². The number of halogens is 10. The molecule has 6 aromatic rings. The number of hydrogen-bond acceptors (Lipinski definition) is 10. The molecule has 1 N–H and O–H groups in total. The van der Waals surface area contributed by atoms with Crippen molar-refractivity contribution in [2.75, 3.05) is 123 Å². The van der Waals surface area contributed by atoms with Gasteiger partial charge in [0.1, 0.15) is 24.8 Å². The van der Waals surface area contributed by atoms with E-state index < -0.39 is 64.6 Å². The Kier molecular flexibility index (Phi) is 27.9. The highest BCUT2D eigenvalue weighted by molar-refractivity contribution is 5.96. The molecule has 1 spiro atoms. The summed E-state index contributed by atoms with van der Waals surface area (Å²) in [6.07, 6.45) is -5.06. The number of likely N-dealkylation sites (N-methyl/N-ethyl adjacent to an activating group) is 3. The molecule has 0 saturated carbocycles. The van der Waals surface area contributed by atoms with Crippen molar-refractivity contribution < 1.29 is 69.3 Å². The number of para-hydroxylation sites is 1. The van der Waals surface area contributed by atoms with Crippen LogP contribution in [0.25, 0.3) is 11.1 Å². The van der Waals surface area contributed by atoms with Crippen molar-refractivity contribution >= 4 is 78.3 Å². The van der Waals surface area contributed by atoms with E-state index in [1.807, 2.05) is 93.0 Å². The number of benzene rings is 6. The summed E-state index contributed by atoms with van der Waals surface area (Å²) < 4.78 is 110. The Balaban J connectivity index is 0.00000468. The molecule has 16 nitrogen and oxygen atoms in total. The molecule has 3 fully saturated rings. The van der Waals surface area contributed by atoms with Gasteiger partial charge in [0.05, 0.1) is 29.5 Å². The number of carbonyl (C=O) groups excluding carboxylic acids is 4. The van der Waals surface area contributed by atoms with Gasteiger partial charge in [-0.3, -0.25) is 24.1 Å². The lowest BCUT2D eigenvalue weighted by Crippen LogP contribution is -2.50. The van der Waals surface area contributed by atoms with Gasteiger partial charge in [-0.05, 0) is 147 Å². The predicted molar refractivity (Wildman–Crippen MR) is 377 cm³/mol. The summed E-state index contributed by atoms with van der Waals surface area (Å²) in [6, 6.07) is 39.1. The molecular weight excluding hydrogens is 1370 g/mol. The average molecular weight is 1460 g/mol. The minimum absolute atomic E-state index is 0. The number of carboxylic acid groups (broad SMARTS) is 1. The molecule has 3 heterocycles. The summed E-state index contributed by atoms with van der Waals surface area (Å²) in [7, 11) is 7.22. The Morgan fingerprint density at radius 1 is 0.630 bits per heavy atom. The van der Waals surface area contributed by atoms with Gasteiger partial charge in [-0.1, -0.05) is 91.3 Å². The molecule has 542 valence electrons. The van der Waals surface area contributed by atoms with Crippen molar-refractivity contribution in [3.63, 3.8) is 0 Å². The van der Waals surface area contributed by atoms with Crippen LogP contribution in [0.5, 0.6) is 0 Å². The van der Waals surface area contributed by atoms with Gasteiger partial charge in [-0.25, -0.2) is 9.18 Å². The van der Waals surface area contributed by atoms with Gasteiger partial charge in [0.15, 0.2) is 0 Å². The molecule has 5 amide bonds. The minimum atomic E-state index is -5.15. The molecule has 0 radical (unpaired) electrons. The van der Waals surface area contributed by atoms with Gasteiger partial charge in [0.2, 0.25) is 11.8 Å². The molecular formula is C74H88Cl3F7N8O8. The highest BCUT2D eigenvalue weighted by Crippen LogP contribution is 2.49. The van der Waals surface area contributed by atoms with E-state index in [1.165, 1.54) is 29.2 Å². The van der Waals surface area contributed by atoms with Crippen LogP contribution in [0.15, 0.2) is 146 Å². The van der Waals surface area contributed by atoms with Crippen LogP contribution in [-0.2, 0) is 48.9 Å². The molecule has 3 aliphatic heterocycles. The highest BCUT2D eigenvalue weighted by atomic mass is 35.5. The number of piperidine rings is 2. The number of anilines is 2. The minimum Gasteiger partial charge on any atom is -0.465 e. The van der Waals surface area contributed by atoms with E-state index in [-0.39, 0.29) is 106 Å². The zero-order valence-corrected chi connectivity index (χ0v) is 59.0. The third kappa shape index (κ3) is 19.2. The number of rotatable bonds is 25. The first kappa shape index (κ1) is 79.8. The van der Waals surface area contributed by atoms with Gasteiger partial charge in [-0.2, -0.15) is 26.3 Å². The molecule has 0 unspecified atom stereocenters. The third-order valence-electron chi connectivity index (χ3n) is 20.0. The Bertz CT molecular complexity index is 3680. The molecule has 2 atom stereocenters. The Morgan fingerprint density at radius 2 is 1.23 bits per heavy atom. The van der Waals surface area contributed by atoms with Crippen molar-refractivity contribution in [2.24, 2.45) is 0 Å². The molecule has 10 rings (SSSR count). The van der Waals surface area contributed by atoms with Crippen LogP contribution in [0.2, 0.25) is 0 Å². The molecule has 0 bridgehead atoms. The van der Waals surface area contributed by atoms with Crippen molar-refractivity contribution in [3.05, 3.63) is 190 Å². The topological polar surface area (TPSA) is 150 Å². The van der Waals surface area contributed by atoms with Crippen molar-refractivity contribution in [3.8, 4) is 11.1 Å². The number of likely N-dealkylation sites (tertiary alicyclic amines) is 2. The largest absolute Gasteiger partial charge is 0.465 e. The number of hydrogen-bond donors (Lipinski definition) is 1. The summed E-state index contributed by atoms with van der Waals surface area (Å²) in [4.78, 5) is 81.1. The number of alkyl halides is 6. The molecule has 0 aromatic heterocycles. The van der Waals surface area contributed by atoms with Gasteiger partial charge in [0, 0.05) is 121 Å². The maximum atomic E-state index is 14.3. The van der Waals surface area contributed by atoms with Crippen LogP contribution < -0.4 is 9.80 Å². The second-order valence-electron chi connectivity index (χ2n) is 26.2. The fraction of sp³-hybridized carbons (Fsp3) is 0.446. The van der Waals surface area contributed by atoms with Crippen LogP contribution in [-0.4, -0.2) is 190 Å². The van der Waals surface area contributed by atoms with E-state index in [0.717, 1.165) is 78.3 Å². The summed E-state index contributed by atoms with van der Waals surface area (Å²) in [5.41, 5.74) is 1.06. The maximum Gasteiger partial charge on any atom is 0.416 e. The molecule has 26 heteroatoms. The van der Waals surface area contributed by atoms with Crippen molar-refractivity contribution in [1.29, 1.82) is 0 Å². The summed E-state index contributed by atoms with van der Waals surface area (Å²) in [5, 5.41) is 10.4. The van der Waals surface area contributed by atoms with Gasteiger partial charge >= 0.3 is 18.4 Å². The summed E-state index contributed by atoms with van der Waals surface area (Å²) in [6.45, 7) is 4.87. The smallest absolute Gasteiger partial charge is 0.416 e. The fourth-order valence-corrected chi connectivity index (χ4v) is 14.1. The second-order valence-corrected chi connectivity index (χ2v) is 26.2. The Morgan fingerprint density at radius 3 is 1.88 bits per heavy atom. The van der Waals surface area contributed by atoms with Gasteiger partial charge < -0.3 is 48.9 Å². The molecule has 1 aliphatic carbocycles. The van der Waals surface area contributed by atoms with Gasteiger partial charge in [-0.15, -0.1) is 37.2 Å². The summed E-state index contributed by atoms with van der Waals surface area (Å²) in [5.74, 6) is -1.94. The molecule has 100 heavy (non-hydrogen) atoms. The van der Waals surface area contributed by atoms with E-state index in [0.29, 0.717) is 93.7 Å². The first-order valence-electron chi connectivity index (χ1n) is 33.2. The zero-order valence-electron chi connectivity index (χ0n) is 56.5. The number of amides is 5. The van der Waals surface area contributed by atoms with Crippen LogP contribution in [0.4, 0.5) is 46.9 Å². The highest BCUT2D eigenvalue weighted by Gasteiger charge is 2.50. The quantitative estimate of drug-likeness (QED) is 0.0431. The van der Waals surface area contributed by atoms with Crippen LogP contribution >= 0.6 is 37.2 Å². The Labute approximate surface area is 598 Å². The molecule has 4 aliphatic rings. The van der Waals surface area contributed by atoms with E-state index in [4.69, 9.17) is 9.47 Å². The number of nitrogens with zero attached hydrogens (tertiary/aromatic N) is 8. The lowest BCUT2D eigenvalue weighted by molar-refractivity contribution is -0.143. The number of carbonyl (C=O) groups is 5. The SMILES string of the molecule is CN(CCN1CCC(N(C(=O)O)c2ccccc2-c2ccccc2)CC1)C(=O)CCCCCN(C)c1ccc(C(=O)N(C)CCN(C)C(=O)CO[C@H]2Cc3ccccc3C23CCN(CC[C@]2(c4ccc(F)cc4)CN(C(=O)c4cc(C(F)(F)F)cc(C(F)(F)F)c4)CO2)CC3)cc1.Cl.Cl.Cl. The first-order valence-corrected chi connectivity index (χ1v) is 33.2. The van der Waals surface area contributed by atoms with E-state index in [1.54, 1.807) is 40.9 Å². The number of ether oxygens (including phenoxy) is 2. The van der Waals surface area contributed by atoms with E-state index >= 15 is 0 Å². The Hall–Kier alpha value is -7.51. The zero-order chi connectivity index (χ0) is 69.2. The number of unbranched alkanes of at least 4 members (excludes halogenated alkanes) is 2. The monoisotopic (exact) mass is 1450 g/mol.